The van der Waals surface area contributed by atoms with Crippen molar-refractivity contribution in [1.82, 2.24) is 4.90 Å². The Bertz CT molecular complexity index is 549. The smallest absolute Gasteiger partial charge is 0.342 e. The van der Waals surface area contributed by atoms with Crippen LogP contribution in [0.5, 0.6) is 5.75 Å². The zero-order valence-corrected chi connectivity index (χ0v) is 14.2. The average Bonchev–Trinajstić information content (AvgIpc) is 2.37. The molecule has 1 aromatic carbocycles. The number of nitrogens with zero attached hydrogens (tertiary/aromatic N) is 1. The van der Waals surface area contributed by atoms with Gasteiger partial charge < -0.3 is 14.7 Å². The van der Waals surface area contributed by atoms with Gasteiger partial charge in [-0.25, -0.2) is 4.79 Å². The maximum Gasteiger partial charge on any atom is 0.342 e. The maximum atomic E-state index is 12.4. The first kappa shape index (κ1) is 18.3. The maximum absolute atomic E-state index is 12.4. The zero-order valence-electron chi connectivity index (χ0n) is 13.5. The standard InChI is InChI=1S/C16H22ClNO4/c1-9(2)18(10(3)4)15(20)11(5)22-16(21)13-7-6-12(17)8-14(13)19/h6-11,19H,1-5H3/t11-/m0/s1. The molecule has 1 amide bonds. The summed E-state index contributed by atoms with van der Waals surface area (Å²) in [6.45, 7) is 9.12. The van der Waals surface area contributed by atoms with Crippen molar-refractivity contribution in [2.24, 2.45) is 0 Å². The van der Waals surface area contributed by atoms with E-state index in [1.807, 2.05) is 27.7 Å². The lowest BCUT2D eigenvalue weighted by molar-refractivity contribution is -0.143. The first-order valence-corrected chi connectivity index (χ1v) is 7.54. The van der Waals surface area contributed by atoms with Crippen LogP contribution in [0.25, 0.3) is 0 Å². The molecule has 0 saturated heterocycles. The Hall–Kier alpha value is -1.75. The fourth-order valence-electron chi connectivity index (χ4n) is 2.27. The molecule has 1 N–H and O–H groups in total. The summed E-state index contributed by atoms with van der Waals surface area (Å²) in [5.41, 5.74) is -0.0234. The van der Waals surface area contributed by atoms with Crippen molar-refractivity contribution < 1.29 is 19.4 Å². The van der Waals surface area contributed by atoms with Crippen molar-refractivity contribution >= 4 is 23.5 Å². The summed E-state index contributed by atoms with van der Waals surface area (Å²) in [4.78, 5) is 26.1. The van der Waals surface area contributed by atoms with Crippen LogP contribution >= 0.6 is 11.6 Å². The van der Waals surface area contributed by atoms with E-state index in [1.165, 1.54) is 25.1 Å². The lowest BCUT2D eigenvalue weighted by Gasteiger charge is -2.32. The summed E-state index contributed by atoms with van der Waals surface area (Å²) in [5, 5.41) is 10.0. The lowest BCUT2D eigenvalue weighted by Crippen LogP contribution is -2.47. The highest BCUT2D eigenvalue weighted by Crippen LogP contribution is 2.23. The Morgan fingerprint density at radius 3 is 2.14 bits per heavy atom. The fourth-order valence-corrected chi connectivity index (χ4v) is 2.43. The van der Waals surface area contributed by atoms with Gasteiger partial charge in [-0.15, -0.1) is 0 Å². The molecule has 122 valence electrons. The Morgan fingerprint density at radius 2 is 1.68 bits per heavy atom. The highest BCUT2D eigenvalue weighted by molar-refractivity contribution is 6.30. The SMILES string of the molecule is CC(C)N(C(=O)[C@H](C)OC(=O)c1ccc(Cl)cc1O)C(C)C. The number of carbonyl (C=O) groups is 2. The molecule has 1 aromatic rings. The Kier molecular flexibility index (Phi) is 6.23. The Morgan fingerprint density at radius 1 is 1.14 bits per heavy atom. The van der Waals surface area contributed by atoms with Gasteiger partial charge in [-0.05, 0) is 52.8 Å². The van der Waals surface area contributed by atoms with Gasteiger partial charge in [-0.1, -0.05) is 11.6 Å². The van der Waals surface area contributed by atoms with E-state index in [2.05, 4.69) is 0 Å². The Labute approximate surface area is 135 Å². The highest BCUT2D eigenvalue weighted by Gasteiger charge is 2.28. The van der Waals surface area contributed by atoms with E-state index < -0.39 is 12.1 Å². The van der Waals surface area contributed by atoms with Crippen molar-refractivity contribution in [3.8, 4) is 5.75 Å². The van der Waals surface area contributed by atoms with Crippen LogP contribution in [0.2, 0.25) is 5.02 Å². The molecule has 0 aromatic heterocycles. The quantitative estimate of drug-likeness (QED) is 0.843. The molecule has 1 rings (SSSR count). The van der Waals surface area contributed by atoms with Crippen LogP contribution in [-0.2, 0) is 9.53 Å². The van der Waals surface area contributed by atoms with Gasteiger partial charge in [0, 0.05) is 17.1 Å². The third kappa shape index (κ3) is 4.37. The Balaban J connectivity index is 2.85. The second-order valence-corrected chi connectivity index (χ2v) is 6.08. The van der Waals surface area contributed by atoms with E-state index in [4.69, 9.17) is 16.3 Å². The summed E-state index contributed by atoms with van der Waals surface area (Å²) in [7, 11) is 0. The van der Waals surface area contributed by atoms with E-state index in [-0.39, 0.29) is 29.3 Å². The number of halogens is 1. The van der Waals surface area contributed by atoms with Gasteiger partial charge in [-0.3, -0.25) is 4.79 Å². The molecule has 0 aliphatic carbocycles. The van der Waals surface area contributed by atoms with E-state index in [1.54, 1.807) is 4.90 Å². The van der Waals surface area contributed by atoms with Gasteiger partial charge in [0.15, 0.2) is 6.10 Å². The predicted octanol–water partition coefficient (Wildman–Crippen LogP) is 3.24. The van der Waals surface area contributed by atoms with Crippen molar-refractivity contribution in [1.29, 1.82) is 0 Å². The minimum Gasteiger partial charge on any atom is -0.507 e. The second-order valence-electron chi connectivity index (χ2n) is 5.64. The molecule has 0 unspecified atom stereocenters. The van der Waals surface area contributed by atoms with Crippen LogP contribution in [0.3, 0.4) is 0 Å². The molecular formula is C16H22ClNO4. The normalized spacial score (nSPS) is 12.4. The number of hydrogen-bond donors (Lipinski definition) is 1. The molecule has 0 heterocycles. The summed E-state index contributed by atoms with van der Waals surface area (Å²) >= 11 is 5.72. The summed E-state index contributed by atoms with van der Waals surface area (Å²) in [6.07, 6.45) is -0.938. The van der Waals surface area contributed by atoms with E-state index in [0.717, 1.165) is 0 Å². The number of aromatic hydroxyl groups is 1. The molecular weight excluding hydrogens is 306 g/mol. The van der Waals surface area contributed by atoms with Gasteiger partial charge in [0.2, 0.25) is 0 Å². The van der Waals surface area contributed by atoms with Gasteiger partial charge in [0.1, 0.15) is 11.3 Å². The predicted molar refractivity (Wildman–Crippen MR) is 85.1 cm³/mol. The van der Waals surface area contributed by atoms with E-state index in [0.29, 0.717) is 5.02 Å². The fraction of sp³-hybridized carbons (Fsp3) is 0.500. The molecule has 0 radical (unpaired) electrons. The molecule has 22 heavy (non-hydrogen) atoms. The highest BCUT2D eigenvalue weighted by atomic mass is 35.5. The third-order valence-electron chi connectivity index (χ3n) is 3.18. The molecule has 1 atom stereocenters. The van der Waals surface area contributed by atoms with Gasteiger partial charge in [-0.2, -0.15) is 0 Å². The number of rotatable bonds is 5. The number of ether oxygens (including phenoxy) is 1. The largest absolute Gasteiger partial charge is 0.507 e. The number of phenols is 1. The number of carbonyl (C=O) groups excluding carboxylic acids is 2. The van der Waals surface area contributed by atoms with Crippen LogP contribution in [-0.4, -0.2) is 40.1 Å². The van der Waals surface area contributed by atoms with Gasteiger partial charge in [0.25, 0.3) is 5.91 Å². The van der Waals surface area contributed by atoms with E-state index >= 15 is 0 Å². The molecule has 6 heteroatoms. The number of esters is 1. The average molecular weight is 328 g/mol. The van der Waals surface area contributed by atoms with Gasteiger partial charge >= 0.3 is 5.97 Å². The van der Waals surface area contributed by atoms with Crippen LogP contribution in [0.15, 0.2) is 18.2 Å². The number of amides is 1. The van der Waals surface area contributed by atoms with Gasteiger partial charge in [0.05, 0.1) is 0 Å². The lowest BCUT2D eigenvalue weighted by atomic mass is 10.2. The molecule has 0 saturated carbocycles. The molecule has 0 spiro atoms. The third-order valence-corrected chi connectivity index (χ3v) is 3.41. The summed E-state index contributed by atoms with van der Waals surface area (Å²) in [6, 6.07) is 4.08. The molecule has 0 bridgehead atoms. The molecule has 5 nitrogen and oxygen atoms in total. The molecule has 0 aliphatic heterocycles. The molecule has 0 fully saturated rings. The summed E-state index contributed by atoms with van der Waals surface area (Å²) in [5.74, 6) is -1.31. The van der Waals surface area contributed by atoms with Crippen molar-refractivity contribution in [3.63, 3.8) is 0 Å². The first-order chi connectivity index (χ1) is 10.1. The van der Waals surface area contributed by atoms with Crippen LogP contribution in [0.1, 0.15) is 45.0 Å². The van der Waals surface area contributed by atoms with Crippen LogP contribution in [0, 0.1) is 0 Å². The van der Waals surface area contributed by atoms with E-state index in [9.17, 15) is 14.7 Å². The number of benzene rings is 1. The van der Waals surface area contributed by atoms with Crippen LogP contribution < -0.4 is 0 Å². The number of hydrogen-bond acceptors (Lipinski definition) is 4. The first-order valence-electron chi connectivity index (χ1n) is 7.16. The number of phenolic OH excluding ortho intramolecular Hbond substituents is 1. The molecule has 0 aliphatic rings. The van der Waals surface area contributed by atoms with Crippen molar-refractivity contribution in [2.75, 3.05) is 0 Å². The van der Waals surface area contributed by atoms with Crippen LogP contribution in [0.4, 0.5) is 0 Å². The summed E-state index contributed by atoms with van der Waals surface area (Å²) < 4.78 is 5.17. The topological polar surface area (TPSA) is 66.8 Å². The van der Waals surface area contributed by atoms with Crippen molar-refractivity contribution in [3.05, 3.63) is 28.8 Å². The van der Waals surface area contributed by atoms with Crippen molar-refractivity contribution in [2.45, 2.75) is 52.8 Å². The second kappa shape index (κ2) is 7.49. The minimum absolute atomic E-state index is 0.00223. The monoisotopic (exact) mass is 327 g/mol. The zero-order chi connectivity index (χ0) is 17.0. The minimum atomic E-state index is -0.938.